The number of nitrogens with one attached hydrogen (secondary N) is 1. The number of carbonyl (C=O) groups is 1. The predicted molar refractivity (Wildman–Crippen MR) is 108 cm³/mol. The fraction of sp³-hybridized carbons (Fsp3) is 0. The van der Waals surface area contributed by atoms with Gasteiger partial charge in [-0.2, -0.15) is 0 Å². The predicted octanol–water partition coefficient (Wildman–Crippen LogP) is 3.50. The first-order valence-electron chi connectivity index (χ1n) is 8.41. The molecule has 0 unspecified atom stereocenters. The molecule has 0 aliphatic carbocycles. The summed E-state index contributed by atoms with van der Waals surface area (Å²) in [6.07, 6.45) is 2.55. The van der Waals surface area contributed by atoms with Crippen LogP contribution in [0.2, 0.25) is 0 Å². The quantitative estimate of drug-likeness (QED) is 0.280. The van der Waals surface area contributed by atoms with Crippen molar-refractivity contribution in [1.82, 2.24) is 0 Å². The third-order valence-electron chi connectivity index (χ3n) is 3.95. The standard InChI is InChI=1S/C21H17NO6S/c23-17-5-2-6-19(13-17)29(27,28)22-16-4-1-3-14(11-16)20(25)9-7-15-12-18(24)8-10-21(15)26/h1-13,22-24,26H/b9-7+. The molecule has 4 N–H and O–H groups in total. The summed E-state index contributed by atoms with van der Waals surface area (Å²) in [5.41, 5.74) is 0.656. The van der Waals surface area contributed by atoms with E-state index in [0.29, 0.717) is 0 Å². The summed E-state index contributed by atoms with van der Waals surface area (Å²) in [6.45, 7) is 0. The van der Waals surface area contributed by atoms with Gasteiger partial charge in [-0.1, -0.05) is 18.2 Å². The van der Waals surface area contributed by atoms with Crippen LogP contribution in [0.15, 0.2) is 77.7 Å². The van der Waals surface area contributed by atoms with Crippen LogP contribution >= 0.6 is 0 Å². The number of ketones is 1. The molecule has 0 fully saturated rings. The fourth-order valence-electron chi connectivity index (χ4n) is 2.54. The smallest absolute Gasteiger partial charge is 0.262 e. The van der Waals surface area contributed by atoms with Gasteiger partial charge in [-0.05, 0) is 54.6 Å². The molecule has 0 aliphatic rings. The monoisotopic (exact) mass is 411 g/mol. The van der Waals surface area contributed by atoms with Gasteiger partial charge in [0.2, 0.25) is 0 Å². The normalized spacial score (nSPS) is 11.4. The van der Waals surface area contributed by atoms with Crippen molar-refractivity contribution in [3.05, 3.63) is 83.9 Å². The van der Waals surface area contributed by atoms with Crippen molar-refractivity contribution in [3.63, 3.8) is 0 Å². The van der Waals surface area contributed by atoms with Crippen molar-refractivity contribution in [3.8, 4) is 17.2 Å². The summed E-state index contributed by atoms with van der Waals surface area (Å²) in [7, 11) is -3.94. The number of benzene rings is 3. The van der Waals surface area contributed by atoms with E-state index in [-0.39, 0.29) is 39.0 Å². The molecule has 7 nitrogen and oxygen atoms in total. The molecular weight excluding hydrogens is 394 g/mol. The molecule has 8 heteroatoms. The van der Waals surface area contributed by atoms with E-state index < -0.39 is 15.8 Å². The molecule has 3 aromatic carbocycles. The molecule has 148 valence electrons. The molecule has 0 saturated heterocycles. The molecular formula is C21H17NO6S. The molecule has 3 aromatic rings. The van der Waals surface area contributed by atoms with Crippen molar-refractivity contribution in [1.29, 1.82) is 0 Å². The second kappa shape index (κ2) is 8.07. The highest BCUT2D eigenvalue weighted by molar-refractivity contribution is 7.92. The Kier molecular flexibility index (Phi) is 5.56. The average Bonchev–Trinajstić information content (AvgIpc) is 2.68. The Morgan fingerprint density at radius 2 is 1.59 bits per heavy atom. The third kappa shape index (κ3) is 4.94. The lowest BCUT2D eigenvalue weighted by atomic mass is 10.1. The lowest BCUT2D eigenvalue weighted by Crippen LogP contribution is -2.13. The topological polar surface area (TPSA) is 124 Å². The molecule has 0 radical (unpaired) electrons. The van der Waals surface area contributed by atoms with E-state index in [1.165, 1.54) is 72.8 Å². The minimum absolute atomic E-state index is 0.0572. The number of carbonyl (C=O) groups excluding carboxylic acids is 1. The van der Waals surface area contributed by atoms with Gasteiger partial charge in [0.1, 0.15) is 17.2 Å². The molecule has 0 heterocycles. The number of hydrogen-bond donors (Lipinski definition) is 4. The van der Waals surface area contributed by atoms with E-state index in [0.717, 1.165) is 6.07 Å². The van der Waals surface area contributed by atoms with Crippen molar-refractivity contribution in [2.75, 3.05) is 4.72 Å². The van der Waals surface area contributed by atoms with E-state index in [1.54, 1.807) is 0 Å². The van der Waals surface area contributed by atoms with Crippen LogP contribution in [0.25, 0.3) is 6.08 Å². The number of aromatic hydroxyl groups is 3. The minimum Gasteiger partial charge on any atom is -0.508 e. The Bertz CT molecular complexity index is 1200. The van der Waals surface area contributed by atoms with Gasteiger partial charge in [0.25, 0.3) is 10.0 Å². The molecule has 29 heavy (non-hydrogen) atoms. The molecule has 0 aliphatic heterocycles. The Balaban J connectivity index is 1.81. The highest BCUT2D eigenvalue weighted by Crippen LogP contribution is 2.24. The number of rotatable bonds is 6. The number of anilines is 1. The van der Waals surface area contributed by atoms with E-state index in [9.17, 15) is 28.5 Å². The van der Waals surface area contributed by atoms with Crippen LogP contribution < -0.4 is 4.72 Å². The summed E-state index contributed by atoms with van der Waals surface area (Å²) in [4.78, 5) is 12.3. The van der Waals surface area contributed by atoms with Crippen molar-refractivity contribution in [2.24, 2.45) is 0 Å². The van der Waals surface area contributed by atoms with Gasteiger partial charge in [-0.3, -0.25) is 9.52 Å². The number of sulfonamides is 1. The summed E-state index contributed by atoms with van der Waals surface area (Å²) in [6, 6.07) is 15.0. The molecule has 0 bridgehead atoms. The largest absolute Gasteiger partial charge is 0.508 e. The molecule has 0 saturated carbocycles. The van der Waals surface area contributed by atoms with Crippen LogP contribution in [0.5, 0.6) is 17.2 Å². The van der Waals surface area contributed by atoms with Gasteiger partial charge in [-0.25, -0.2) is 8.42 Å². The summed E-state index contributed by atoms with van der Waals surface area (Å²) in [5, 5.41) is 28.7. The van der Waals surface area contributed by atoms with E-state index in [4.69, 9.17) is 0 Å². The van der Waals surface area contributed by atoms with Gasteiger partial charge in [-0.15, -0.1) is 0 Å². The van der Waals surface area contributed by atoms with Gasteiger partial charge < -0.3 is 15.3 Å². The summed E-state index contributed by atoms with van der Waals surface area (Å²) in [5.74, 6) is -0.763. The van der Waals surface area contributed by atoms with Crippen LogP contribution in [0.1, 0.15) is 15.9 Å². The Morgan fingerprint density at radius 3 is 2.34 bits per heavy atom. The summed E-state index contributed by atoms with van der Waals surface area (Å²) < 4.78 is 27.2. The summed E-state index contributed by atoms with van der Waals surface area (Å²) >= 11 is 0. The second-order valence-corrected chi connectivity index (χ2v) is 7.81. The first-order valence-corrected chi connectivity index (χ1v) is 9.89. The maximum Gasteiger partial charge on any atom is 0.262 e. The average molecular weight is 411 g/mol. The number of allylic oxidation sites excluding steroid dienone is 1. The lowest BCUT2D eigenvalue weighted by molar-refractivity contribution is 0.104. The Morgan fingerprint density at radius 1 is 0.862 bits per heavy atom. The van der Waals surface area contributed by atoms with Crippen LogP contribution in [-0.2, 0) is 10.0 Å². The number of phenolic OH excluding ortho intramolecular Hbond substituents is 3. The van der Waals surface area contributed by atoms with Gasteiger partial charge >= 0.3 is 0 Å². The van der Waals surface area contributed by atoms with Gasteiger partial charge in [0, 0.05) is 22.9 Å². The van der Waals surface area contributed by atoms with Crippen LogP contribution in [-0.4, -0.2) is 29.5 Å². The highest BCUT2D eigenvalue weighted by atomic mass is 32.2. The molecule has 0 spiro atoms. The number of hydrogen-bond acceptors (Lipinski definition) is 6. The van der Waals surface area contributed by atoms with E-state index in [1.807, 2.05) is 0 Å². The van der Waals surface area contributed by atoms with Crippen LogP contribution in [0.4, 0.5) is 5.69 Å². The molecule has 0 aromatic heterocycles. The van der Waals surface area contributed by atoms with Crippen molar-refractivity contribution < 1.29 is 28.5 Å². The zero-order valence-corrected chi connectivity index (χ0v) is 15.8. The first kappa shape index (κ1) is 20.0. The number of phenols is 3. The highest BCUT2D eigenvalue weighted by Gasteiger charge is 2.15. The van der Waals surface area contributed by atoms with Gasteiger partial charge in [0.15, 0.2) is 5.78 Å². The lowest BCUT2D eigenvalue weighted by Gasteiger charge is -2.09. The van der Waals surface area contributed by atoms with Gasteiger partial charge in [0.05, 0.1) is 4.90 Å². The minimum atomic E-state index is -3.94. The van der Waals surface area contributed by atoms with E-state index in [2.05, 4.69) is 4.72 Å². The maximum atomic E-state index is 12.4. The van der Waals surface area contributed by atoms with Crippen LogP contribution in [0.3, 0.4) is 0 Å². The molecule has 3 rings (SSSR count). The zero-order chi connectivity index (χ0) is 21.0. The van der Waals surface area contributed by atoms with Crippen LogP contribution in [0, 0.1) is 0 Å². The molecule has 0 atom stereocenters. The zero-order valence-electron chi connectivity index (χ0n) is 15.0. The fourth-order valence-corrected chi connectivity index (χ4v) is 3.63. The Labute approximate surface area is 167 Å². The van der Waals surface area contributed by atoms with Crippen molar-refractivity contribution in [2.45, 2.75) is 4.90 Å². The van der Waals surface area contributed by atoms with E-state index >= 15 is 0 Å². The third-order valence-corrected chi connectivity index (χ3v) is 5.33. The van der Waals surface area contributed by atoms with Crippen molar-refractivity contribution >= 4 is 27.6 Å². The maximum absolute atomic E-state index is 12.4. The SMILES string of the molecule is O=C(/C=C/c1cc(O)ccc1O)c1cccc(NS(=O)(=O)c2cccc(O)c2)c1. The molecule has 0 amide bonds. The second-order valence-electron chi connectivity index (χ2n) is 6.12. The Hall–Kier alpha value is -3.78. The first-order chi connectivity index (χ1) is 13.7.